The number of aryl methyl sites for hydroxylation is 3. The molecule has 1 atom stereocenters. The van der Waals surface area contributed by atoms with Crippen LogP contribution in [0.5, 0.6) is 0 Å². The van der Waals surface area contributed by atoms with Crippen molar-refractivity contribution in [2.75, 3.05) is 10.3 Å². The van der Waals surface area contributed by atoms with Gasteiger partial charge in [-0.1, -0.05) is 17.7 Å². The van der Waals surface area contributed by atoms with Crippen LogP contribution >= 0.6 is 12.2 Å². The zero-order valence-corrected chi connectivity index (χ0v) is 15.9. The molecule has 0 unspecified atom stereocenters. The van der Waals surface area contributed by atoms with Gasteiger partial charge in [0.2, 0.25) is 11.9 Å². The number of anilines is 2. The largest absolute Gasteiger partial charge is 0.301 e. The van der Waals surface area contributed by atoms with Gasteiger partial charge >= 0.3 is 0 Å². The third-order valence-corrected chi connectivity index (χ3v) is 4.15. The molecular formula is C18H18N6O2S. The third kappa shape index (κ3) is 4.14. The predicted octanol–water partition coefficient (Wildman–Crippen LogP) is 1.86. The molecule has 2 heterocycles. The number of aromatic nitrogens is 2. The fraction of sp³-hybridized carbons (Fsp3) is 0.222. The van der Waals surface area contributed by atoms with Crippen LogP contribution in [-0.2, 0) is 9.59 Å². The first-order valence-electron chi connectivity index (χ1n) is 8.22. The maximum atomic E-state index is 12.8. The molecule has 2 aromatic rings. The second-order valence-corrected chi connectivity index (χ2v) is 6.53. The van der Waals surface area contributed by atoms with Gasteiger partial charge in [0.1, 0.15) is 0 Å². The van der Waals surface area contributed by atoms with Gasteiger partial charge in [-0.15, -0.1) is 0 Å². The van der Waals surface area contributed by atoms with Crippen LogP contribution < -0.4 is 15.6 Å². The summed E-state index contributed by atoms with van der Waals surface area (Å²) >= 11 is 5.16. The summed E-state index contributed by atoms with van der Waals surface area (Å²) in [7, 11) is 0. The van der Waals surface area contributed by atoms with Crippen LogP contribution in [0.4, 0.5) is 11.6 Å². The van der Waals surface area contributed by atoms with Crippen molar-refractivity contribution in [1.29, 1.82) is 0 Å². The summed E-state index contributed by atoms with van der Waals surface area (Å²) in [5, 5.41) is 6.55. The molecule has 1 aromatic carbocycles. The Morgan fingerprint density at radius 1 is 1.15 bits per heavy atom. The maximum absolute atomic E-state index is 12.8. The first-order chi connectivity index (χ1) is 12.8. The fourth-order valence-electron chi connectivity index (χ4n) is 2.61. The zero-order valence-electron chi connectivity index (χ0n) is 15.1. The Bertz CT molecular complexity index is 921. The second kappa shape index (κ2) is 7.58. The van der Waals surface area contributed by atoms with Crippen LogP contribution in [0.2, 0.25) is 0 Å². The van der Waals surface area contributed by atoms with Gasteiger partial charge in [-0.05, 0) is 51.2 Å². The van der Waals surface area contributed by atoms with Crippen LogP contribution in [0.25, 0.3) is 0 Å². The molecule has 138 valence electrons. The molecule has 3 rings (SSSR count). The van der Waals surface area contributed by atoms with Crippen molar-refractivity contribution >= 4 is 47.0 Å². The number of hydrazone groups is 1. The normalized spacial score (nSPS) is 17.4. The summed E-state index contributed by atoms with van der Waals surface area (Å²) in [6.07, 6.45) is 1.22. The molecular weight excluding hydrogens is 364 g/mol. The molecule has 0 spiro atoms. The number of benzene rings is 1. The quantitative estimate of drug-likeness (QED) is 0.362. The lowest BCUT2D eigenvalue weighted by molar-refractivity contribution is -0.130. The van der Waals surface area contributed by atoms with Crippen molar-refractivity contribution in [3.63, 3.8) is 0 Å². The van der Waals surface area contributed by atoms with Crippen LogP contribution in [0.1, 0.15) is 17.0 Å². The van der Waals surface area contributed by atoms with Gasteiger partial charge in [-0.25, -0.2) is 15.4 Å². The third-order valence-electron chi connectivity index (χ3n) is 3.86. The number of rotatable bonds is 4. The number of nitrogens with zero attached hydrogens (tertiary/aromatic N) is 4. The number of amides is 2. The molecule has 9 heteroatoms. The molecule has 1 aliphatic rings. The highest BCUT2D eigenvalue weighted by Gasteiger charge is 2.38. The van der Waals surface area contributed by atoms with Gasteiger partial charge in [-0.2, -0.15) is 5.10 Å². The highest BCUT2D eigenvalue weighted by molar-refractivity contribution is 7.80. The second-order valence-electron chi connectivity index (χ2n) is 6.15. The standard InChI is InChI=1S/C18H18N6O2S/c1-10-4-6-13(7-5-10)24-16(26)14(15(25)22-18(24)27)9-19-23-17-20-11(2)8-12(3)21-17/h4-9,14H,1-3H3,(H,20,21,23)(H,22,25,27)/b19-9-/t14-/m0/s1. The SMILES string of the molecule is Cc1ccc(N2C(=O)[C@@H](/C=N\Nc3nc(C)cc(C)n3)C(=O)NC2=S)cc1. The first-order valence-corrected chi connectivity index (χ1v) is 8.63. The average molecular weight is 382 g/mol. The van der Waals surface area contributed by atoms with Crippen molar-refractivity contribution in [2.45, 2.75) is 20.8 Å². The minimum Gasteiger partial charge on any atom is -0.301 e. The molecule has 0 aliphatic carbocycles. The Morgan fingerprint density at radius 3 is 2.41 bits per heavy atom. The molecule has 27 heavy (non-hydrogen) atoms. The minimum absolute atomic E-state index is 0.0455. The molecule has 2 N–H and O–H groups in total. The van der Waals surface area contributed by atoms with Crippen LogP contribution in [0.15, 0.2) is 35.4 Å². The van der Waals surface area contributed by atoms with Crippen molar-refractivity contribution in [3.8, 4) is 0 Å². The predicted molar refractivity (Wildman–Crippen MR) is 107 cm³/mol. The first kappa shape index (κ1) is 18.6. The minimum atomic E-state index is -1.11. The summed E-state index contributed by atoms with van der Waals surface area (Å²) in [5.74, 6) is -1.82. The number of thiocarbonyl (C=S) groups is 1. The summed E-state index contributed by atoms with van der Waals surface area (Å²) in [5.41, 5.74) is 5.84. The van der Waals surface area contributed by atoms with Crippen molar-refractivity contribution in [1.82, 2.24) is 15.3 Å². The lowest BCUT2D eigenvalue weighted by Gasteiger charge is -2.30. The van der Waals surface area contributed by atoms with Crippen LogP contribution in [0, 0.1) is 26.7 Å². The van der Waals surface area contributed by atoms with E-state index in [1.54, 1.807) is 12.1 Å². The Labute approximate surface area is 161 Å². The molecule has 2 amide bonds. The average Bonchev–Trinajstić information content (AvgIpc) is 2.58. The summed E-state index contributed by atoms with van der Waals surface area (Å²) in [6.45, 7) is 5.61. The lowest BCUT2D eigenvalue weighted by Crippen LogP contribution is -2.58. The summed E-state index contributed by atoms with van der Waals surface area (Å²) < 4.78 is 0. The van der Waals surface area contributed by atoms with E-state index in [2.05, 4.69) is 25.8 Å². The number of carbonyl (C=O) groups is 2. The molecule has 1 aliphatic heterocycles. The van der Waals surface area contributed by atoms with E-state index in [4.69, 9.17) is 12.2 Å². The highest BCUT2D eigenvalue weighted by atomic mass is 32.1. The summed E-state index contributed by atoms with van der Waals surface area (Å²) in [6, 6.07) is 9.10. The molecule has 8 nitrogen and oxygen atoms in total. The lowest BCUT2D eigenvalue weighted by atomic mass is 10.1. The van der Waals surface area contributed by atoms with Crippen molar-refractivity contribution in [2.24, 2.45) is 11.0 Å². The Balaban J connectivity index is 1.79. The smallest absolute Gasteiger partial charge is 0.251 e. The fourth-order valence-corrected chi connectivity index (χ4v) is 2.90. The van der Waals surface area contributed by atoms with Gasteiger partial charge in [0.15, 0.2) is 11.0 Å². The zero-order chi connectivity index (χ0) is 19.6. The monoisotopic (exact) mass is 382 g/mol. The molecule has 0 radical (unpaired) electrons. The Morgan fingerprint density at radius 2 is 1.78 bits per heavy atom. The van der Waals surface area contributed by atoms with E-state index < -0.39 is 17.7 Å². The topological polar surface area (TPSA) is 99.6 Å². The molecule has 0 saturated carbocycles. The van der Waals surface area contributed by atoms with Gasteiger partial charge in [-0.3, -0.25) is 14.5 Å². The van der Waals surface area contributed by atoms with E-state index >= 15 is 0 Å². The molecule has 1 aromatic heterocycles. The van der Waals surface area contributed by atoms with Crippen molar-refractivity contribution in [3.05, 3.63) is 47.3 Å². The van der Waals surface area contributed by atoms with Crippen LogP contribution in [-0.4, -0.2) is 33.1 Å². The number of nitrogens with one attached hydrogen (secondary N) is 2. The Hall–Kier alpha value is -3.20. The van der Waals surface area contributed by atoms with E-state index in [-0.39, 0.29) is 5.11 Å². The van der Waals surface area contributed by atoms with Gasteiger partial charge < -0.3 is 5.32 Å². The van der Waals surface area contributed by atoms with E-state index in [0.29, 0.717) is 11.6 Å². The van der Waals surface area contributed by atoms with E-state index in [1.807, 2.05) is 39.0 Å². The van der Waals surface area contributed by atoms with Crippen LogP contribution in [0.3, 0.4) is 0 Å². The highest BCUT2D eigenvalue weighted by Crippen LogP contribution is 2.20. The molecule has 0 bridgehead atoms. The molecule has 1 saturated heterocycles. The Kier molecular flexibility index (Phi) is 5.22. The van der Waals surface area contributed by atoms with Gasteiger partial charge in [0, 0.05) is 17.6 Å². The maximum Gasteiger partial charge on any atom is 0.251 e. The van der Waals surface area contributed by atoms with E-state index in [9.17, 15) is 9.59 Å². The number of carbonyl (C=O) groups excluding carboxylic acids is 2. The van der Waals surface area contributed by atoms with Crippen molar-refractivity contribution < 1.29 is 9.59 Å². The van der Waals surface area contributed by atoms with E-state index in [0.717, 1.165) is 17.0 Å². The van der Waals surface area contributed by atoms with E-state index in [1.165, 1.54) is 11.1 Å². The van der Waals surface area contributed by atoms with Gasteiger partial charge in [0.25, 0.3) is 5.91 Å². The van der Waals surface area contributed by atoms with Gasteiger partial charge in [0.05, 0.1) is 5.69 Å². The number of hydrogen-bond acceptors (Lipinski definition) is 7. The summed E-state index contributed by atoms with van der Waals surface area (Å²) in [4.78, 5) is 34.7. The number of hydrogen-bond donors (Lipinski definition) is 2. The molecule has 1 fully saturated rings.